The SMILES string of the molecule is C[C@@H]1CCC[C@@]2(C)C[C@H]3OC(=O)[C@H](CN(C)CCc4ccccn4)[C@@H]3C=C12. The van der Waals surface area contributed by atoms with Gasteiger partial charge in [-0.25, -0.2) is 0 Å². The fraction of sp³-hybridized carbons (Fsp3) is 0.652. The van der Waals surface area contributed by atoms with Crippen LogP contribution in [0.25, 0.3) is 0 Å². The fourth-order valence-electron chi connectivity index (χ4n) is 5.54. The number of carbonyl (C=O) groups excluding carboxylic acids is 1. The lowest BCUT2D eigenvalue weighted by Crippen LogP contribution is -2.40. The quantitative estimate of drug-likeness (QED) is 0.584. The number of nitrogens with zero attached hydrogens (tertiary/aromatic N) is 2. The van der Waals surface area contributed by atoms with Crippen LogP contribution in [-0.2, 0) is 16.0 Å². The van der Waals surface area contributed by atoms with Crippen LogP contribution in [0, 0.1) is 23.2 Å². The van der Waals surface area contributed by atoms with E-state index in [1.54, 1.807) is 5.57 Å². The molecule has 1 aliphatic heterocycles. The van der Waals surface area contributed by atoms with Crippen LogP contribution >= 0.6 is 0 Å². The Morgan fingerprint density at radius 2 is 2.22 bits per heavy atom. The summed E-state index contributed by atoms with van der Waals surface area (Å²) >= 11 is 0. The molecule has 2 fully saturated rings. The van der Waals surface area contributed by atoms with Crippen LogP contribution in [-0.4, -0.2) is 42.1 Å². The molecule has 4 rings (SSSR count). The number of pyridine rings is 1. The third-order valence-corrected chi connectivity index (χ3v) is 7.07. The molecule has 0 spiro atoms. The number of likely N-dealkylation sites (N-methyl/N-ethyl adjacent to an activating group) is 1. The second-order valence-corrected chi connectivity index (χ2v) is 9.17. The Labute approximate surface area is 163 Å². The van der Waals surface area contributed by atoms with Gasteiger partial charge in [0.05, 0.1) is 5.92 Å². The Morgan fingerprint density at radius 1 is 1.37 bits per heavy atom. The van der Waals surface area contributed by atoms with Gasteiger partial charge in [0.25, 0.3) is 0 Å². The van der Waals surface area contributed by atoms with E-state index in [2.05, 4.69) is 42.9 Å². The summed E-state index contributed by atoms with van der Waals surface area (Å²) in [5.41, 5.74) is 2.93. The molecule has 0 bridgehead atoms. The van der Waals surface area contributed by atoms with Gasteiger partial charge >= 0.3 is 5.97 Å². The summed E-state index contributed by atoms with van der Waals surface area (Å²) in [4.78, 5) is 19.3. The van der Waals surface area contributed by atoms with E-state index in [0.29, 0.717) is 5.92 Å². The van der Waals surface area contributed by atoms with Crippen molar-refractivity contribution in [2.24, 2.45) is 23.2 Å². The summed E-state index contributed by atoms with van der Waals surface area (Å²) in [5.74, 6) is 0.859. The van der Waals surface area contributed by atoms with Crippen LogP contribution in [0.5, 0.6) is 0 Å². The zero-order valence-corrected chi connectivity index (χ0v) is 16.9. The molecule has 3 aliphatic rings. The van der Waals surface area contributed by atoms with E-state index >= 15 is 0 Å². The van der Waals surface area contributed by atoms with Crippen LogP contribution < -0.4 is 0 Å². The molecule has 0 aromatic carbocycles. The number of carbonyl (C=O) groups is 1. The van der Waals surface area contributed by atoms with Crippen LogP contribution in [0.1, 0.15) is 45.2 Å². The van der Waals surface area contributed by atoms with Gasteiger partial charge in [0, 0.05) is 37.3 Å². The molecule has 5 atom stereocenters. The minimum Gasteiger partial charge on any atom is -0.461 e. The highest BCUT2D eigenvalue weighted by Gasteiger charge is 2.51. The number of rotatable bonds is 5. The van der Waals surface area contributed by atoms with Gasteiger partial charge in [0.2, 0.25) is 0 Å². The third-order valence-electron chi connectivity index (χ3n) is 7.07. The molecule has 1 aromatic rings. The Bertz CT molecular complexity index is 716. The summed E-state index contributed by atoms with van der Waals surface area (Å²) in [6.45, 7) is 6.41. The predicted molar refractivity (Wildman–Crippen MR) is 106 cm³/mol. The van der Waals surface area contributed by atoms with Gasteiger partial charge < -0.3 is 9.64 Å². The van der Waals surface area contributed by atoms with Crippen LogP contribution in [0.15, 0.2) is 36.0 Å². The van der Waals surface area contributed by atoms with Gasteiger partial charge in [-0.2, -0.15) is 0 Å². The normalized spacial score (nSPS) is 35.4. The van der Waals surface area contributed by atoms with E-state index in [-0.39, 0.29) is 29.3 Å². The molecule has 1 aromatic heterocycles. The molecule has 0 unspecified atom stereocenters. The molecule has 4 nitrogen and oxygen atoms in total. The molecule has 0 radical (unpaired) electrons. The van der Waals surface area contributed by atoms with Gasteiger partial charge in [0.15, 0.2) is 0 Å². The molecule has 27 heavy (non-hydrogen) atoms. The molecule has 146 valence electrons. The van der Waals surface area contributed by atoms with Crippen LogP contribution in [0.3, 0.4) is 0 Å². The van der Waals surface area contributed by atoms with Crippen molar-refractivity contribution in [1.29, 1.82) is 0 Å². The largest absolute Gasteiger partial charge is 0.461 e. The highest BCUT2D eigenvalue weighted by Crippen LogP contribution is 2.53. The van der Waals surface area contributed by atoms with Crippen molar-refractivity contribution < 1.29 is 9.53 Å². The van der Waals surface area contributed by atoms with E-state index in [4.69, 9.17) is 4.74 Å². The minimum absolute atomic E-state index is 0.00133. The molecule has 2 aliphatic carbocycles. The lowest BCUT2D eigenvalue weighted by Gasteiger charge is -2.46. The number of hydrogen-bond acceptors (Lipinski definition) is 4. The Kier molecular flexibility index (Phi) is 5.11. The summed E-state index contributed by atoms with van der Waals surface area (Å²) in [6, 6.07) is 6.03. The molecule has 1 saturated heterocycles. The smallest absolute Gasteiger partial charge is 0.311 e. The standard InChI is InChI=1S/C23H32N2O2/c1-16-7-6-10-23(2)14-21-18(13-20(16)23)19(22(26)27-21)15-25(3)12-9-17-8-4-5-11-24-17/h4-5,8,11,13,16,18-19,21H,6-7,9-10,12,14-15H2,1-3H3/t16-,18+,19-,21-,23+/m1/s1. The van der Waals surface area contributed by atoms with Crippen LogP contribution in [0.2, 0.25) is 0 Å². The molecular formula is C23H32N2O2. The maximum Gasteiger partial charge on any atom is 0.311 e. The monoisotopic (exact) mass is 368 g/mol. The first kappa shape index (κ1) is 18.7. The van der Waals surface area contributed by atoms with Gasteiger partial charge in [-0.05, 0) is 49.8 Å². The fourth-order valence-corrected chi connectivity index (χ4v) is 5.54. The first-order valence-electron chi connectivity index (χ1n) is 10.5. The topological polar surface area (TPSA) is 42.4 Å². The molecule has 2 heterocycles. The zero-order chi connectivity index (χ0) is 19.0. The first-order chi connectivity index (χ1) is 13.0. The summed E-state index contributed by atoms with van der Waals surface area (Å²) < 4.78 is 5.87. The average Bonchev–Trinajstić information content (AvgIpc) is 2.93. The van der Waals surface area contributed by atoms with Crippen molar-refractivity contribution >= 4 is 5.97 Å². The maximum atomic E-state index is 12.7. The zero-order valence-electron chi connectivity index (χ0n) is 16.9. The second-order valence-electron chi connectivity index (χ2n) is 9.17. The van der Waals surface area contributed by atoms with E-state index < -0.39 is 0 Å². The highest BCUT2D eigenvalue weighted by molar-refractivity contribution is 5.76. The summed E-state index contributed by atoms with van der Waals surface area (Å²) in [5, 5.41) is 0. The summed E-state index contributed by atoms with van der Waals surface area (Å²) in [6.07, 6.45) is 10.1. The Morgan fingerprint density at radius 3 is 3.00 bits per heavy atom. The third kappa shape index (κ3) is 3.69. The number of aromatic nitrogens is 1. The molecular weight excluding hydrogens is 336 g/mol. The average molecular weight is 369 g/mol. The Hall–Kier alpha value is -1.68. The minimum atomic E-state index is -0.0325. The maximum absolute atomic E-state index is 12.7. The van der Waals surface area contributed by atoms with E-state index in [1.165, 1.54) is 19.3 Å². The van der Waals surface area contributed by atoms with Gasteiger partial charge in [0.1, 0.15) is 6.10 Å². The highest BCUT2D eigenvalue weighted by atomic mass is 16.6. The Balaban J connectivity index is 1.44. The molecule has 4 heteroatoms. The van der Waals surface area contributed by atoms with E-state index in [9.17, 15) is 4.79 Å². The predicted octanol–water partition coefficient (Wildman–Crippen LogP) is 3.87. The van der Waals surface area contributed by atoms with Crippen molar-refractivity contribution in [3.05, 3.63) is 41.7 Å². The number of esters is 1. The van der Waals surface area contributed by atoms with Crippen molar-refractivity contribution in [1.82, 2.24) is 9.88 Å². The number of allylic oxidation sites excluding steroid dienone is 1. The lowest BCUT2D eigenvalue weighted by atomic mass is 9.59. The van der Waals surface area contributed by atoms with E-state index in [0.717, 1.165) is 31.6 Å². The van der Waals surface area contributed by atoms with Crippen molar-refractivity contribution in [3.63, 3.8) is 0 Å². The summed E-state index contributed by atoms with van der Waals surface area (Å²) in [7, 11) is 2.10. The van der Waals surface area contributed by atoms with E-state index in [1.807, 2.05) is 18.3 Å². The van der Waals surface area contributed by atoms with Crippen molar-refractivity contribution in [2.75, 3.05) is 20.1 Å². The lowest BCUT2D eigenvalue weighted by molar-refractivity contribution is -0.145. The molecule has 1 saturated carbocycles. The number of ether oxygens (including phenoxy) is 1. The van der Waals surface area contributed by atoms with Gasteiger partial charge in [-0.15, -0.1) is 0 Å². The van der Waals surface area contributed by atoms with Gasteiger partial charge in [-0.3, -0.25) is 9.78 Å². The molecule has 0 N–H and O–H groups in total. The van der Waals surface area contributed by atoms with Crippen LogP contribution in [0.4, 0.5) is 0 Å². The van der Waals surface area contributed by atoms with Gasteiger partial charge in [-0.1, -0.05) is 38.0 Å². The second kappa shape index (κ2) is 7.38. The number of fused-ring (bicyclic) bond motifs is 2. The first-order valence-corrected chi connectivity index (χ1v) is 10.5. The molecule has 0 amide bonds. The van der Waals surface area contributed by atoms with Crippen molar-refractivity contribution in [2.45, 2.75) is 52.1 Å². The van der Waals surface area contributed by atoms with Crippen molar-refractivity contribution in [3.8, 4) is 0 Å². The number of hydrogen-bond donors (Lipinski definition) is 0.